The Balaban J connectivity index is 2.03. The average Bonchev–Trinajstić information content (AvgIpc) is 2.37. The van der Waals surface area contributed by atoms with E-state index < -0.39 is 0 Å². The summed E-state index contributed by atoms with van der Waals surface area (Å²) in [5.74, 6) is 1.63. The highest BCUT2D eigenvalue weighted by molar-refractivity contribution is 5.41. The highest BCUT2D eigenvalue weighted by atomic mass is 14.9. The molecule has 2 unspecified atom stereocenters. The summed E-state index contributed by atoms with van der Waals surface area (Å²) >= 11 is 0. The zero-order valence-corrected chi connectivity index (χ0v) is 12.1. The Morgan fingerprint density at radius 1 is 1.17 bits per heavy atom. The zero-order valence-electron chi connectivity index (χ0n) is 12.1. The fraction of sp³-hybridized carbons (Fsp3) is 0.647. The molecule has 1 aliphatic rings. The maximum absolute atomic E-state index is 3.72. The van der Waals surface area contributed by atoms with Gasteiger partial charge in [0.25, 0.3) is 0 Å². The molecule has 0 bridgehead atoms. The van der Waals surface area contributed by atoms with E-state index in [4.69, 9.17) is 0 Å². The lowest BCUT2D eigenvalue weighted by molar-refractivity contribution is 0.315. The Labute approximate surface area is 112 Å². The first-order valence-corrected chi connectivity index (χ1v) is 7.61. The zero-order chi connectivity index (χ0) is 13.0. The predicted octanol–water partition coefficient (Wildman–Crippen LogP) is 4.13. The topological polar surface area (TPSA) is 12.0 Å². The van der Waals surface area contributed by atoms with Crippen LogP contribution in [0.15, 0.2) is 24.3 Å². The molecule has 0 saturated heterocycles. The summed E-state index contributed by atoms with van der Waals surface area (Å²) in [7, 11) is 0. The third-order valence-corrected chi connectivity index (χ3v) is 4.59. The molecule has 0 aromatic heterocycles. The average molecular weight is 245 g/mol. The number of hydrogen-bond donors (Lipinski definition) is 1. The van der Waals surface area contributed by atoms with Crippen molar-refractivity contribution in [3.05, 3.63) is 35.4 Å². The van der Waals surface area contributed by atoms with Crippen molar-refractivity contribution in [3.63, 3.8) is 0 Å². The standard InChI is InChI=1S/C17H27N/c1-4-13(5-2)11-17(18-6-3)16-12-14-9-7-8-10-15(14)16/h7-10,13,16-18H,4-6,11-12H2,1-3H3. The summed E-state index contributed by atoms with van der Waals surface area (Å²) in [5.41, 5.74) is 3.16. The molecule has 0 fully saturated rings. The molecule has 0 heterocycles. The summed E-state index contributed by atoms with van der Waals surface area (Å²) in [6.45, 7) is 7.96. The van der Waals surface area contributed by atoms with E-state index in [1.807, 2.05) is 0 Å². The molecule has 18 heavy (non-hydrogen) atoms. The molecular weight excluding hydrogens is 218 g/mol. The minimum atomic E-state index is 0.676. The van der Waals surface area contributed by atoms with E-state index in [1.165, 1.54) is 25.7 Å². The van der Waals surface area contributed by atoms with Gasteiger partial charge in [0.15, 0.2) is 0 Å². The number of rotatable bonds is 7. The highest BCUT2D eigenvalue weighted by Gasteiger charge is 2.32. The summed E-state index contributed by atoms with van der Waals surface area (Å²) < 4.78 is 0. The van der Waals surface area contributed by atoms with Gasteiger partial charge in [0.1, 0.15) is 0 Å². The Bertz CT molecular complexity index is 368. The maximum Gasteiger partial charge on any atom is 0.0142 e. The molecule has 1 aliphatic carbocycles. The van der Waals surface area contributed by atoms with Gasteiger partial charge in [0.05, 0.1) is 0 Å². The molecule has 1 heteroatoms. The fourth-order valence-corrected chi connectivity index (χ4v) is 3.29. The van der Waals surface area contributed by atoms with Gasteiger partial charge in [-0.05, 0) is 36.4 Å². The molecule has 2 rings (SSSR count). The van der Waals surface area contributed by atoms with Crippen LogP contribution < -0.4 is 5.32 Å². The van der Waals surface area contributed by atoms with Crippen LogP contribution in [0.1, 0.15) is 57.1 Å². The van der Waals surface area contributed by atoms with Gasteiger partial charge < -0.3 is 5.32 Å². The number of benzene rings is 1. The van der Waals surface area contributed by atoms with E-state index in [0.29, 0.717) is 6.04 Å². The van der Waals surface area contributed by atoms with Crippen LogP contribution in [0.3, 0.4) is 0 Å². The SMILES string of the molecule is CCNC(CC(CC)CC)C1Cc2ccccc21. The smallest absolute Gasteiger partial charge is 0.0142 e. The summed E-state index contributed by atoms with van der Waals surface area (Å²) in [6.07, 6.45) is 5.23. The number of likely N-dealkylation sites (N-methyl/N-ethyl adjacent to an activating group) is 1. The monoisotopic (exact) mass is 245 g/mol. The van der Waals surface area contributed by atoms with Crippen molar-refractivity contribution >= 4 is 0 Å². The van der Waals surface area contributed by atoms with Crippen LogP contribution in [0.4, 0.5) is 0 Å². The number of fused-ring (bicyclic) bond motifs is 1. The van der Waals surface area contributed by atoms with Gasteiger partial charge >= 0.3 is 0 Å². The molecule has 1 aromatic carbocycles. The molecule has 100 valence electrons. The van der Waals surface area contributed by atoms with Crippen LogP contribution in [-0.2, 0) is 6.42 Å². The molecule has 2 atom stereocenters. The molecule has 1 nitrogen and oxygen atoms in total. The van der Waals surface area contributed by atoms with Crippen LogP contribution in [0, 0.1) is 5.92 Å². The normalized spacial score (nSPS) is 19.4. The van der Waals surface area contributed by atoms with E-state index in [0.717, 1.165) is 18.4 Å². The van der Waals surface area contributed by atoms with E-state index in [2.05, 4.69) is 50.4 Å². The Kier molecular flexibility index (Phi) is 4.82. The van der Waals surface area contributed by atoms with Crippen molar-refractivity contribution < 1.29 is 0 Å². The van der Waals surface area contributed by atoms with E-state index >= 15 is 0 Å². The highest BCUT2D eigenvalue weighted by Crippen LogP contribution is 2.39. The van der Waals surface area contributed by atoms with Crippen LogP contribution >= 0.6 is 0 Å². The lowest BCUT2D eigenvalue weighted by Crippen LogP contribution is -2.41. The van der Waals surface area contributed by atoms with E-state index in [-0.39, 0.29) is 0 Å². The van der Waals surface area contributed by atoms with Crippen molar-refractivity contribution in [1.29, 1.82) is 0 Å². The Hall–Kier alpha value is -0.820. The van der Waals surface area contributed by atoms with Crippen molar-refractivity contribution in [3.8, 4) is 0 Å². The molecule has 0 radical (unpaired) electrons. The van der Waals surface area contributed by atoms with Crippen molar-refractivity contribution in [2.24, 2.45) is 5.92 Å². The first-order chi connectivity index (χ1) is 8.80. The summed E-state index contributed by atoms with van der Waals surface area (Å²) in [4.78, 5) is 0. The third-order valence-electron chi connectivity index (χ3n) is 4.59. The molecule has 0 aliphatic heterocycles. The van der Waals surface area contributed by atoms with Crippen LogP contribution in [0.5, 0.6) is 0 Å². The van der Waals surface area contributed by atoms with Gasteiger partial charge in [-0.1, -0.05) is 57.9 Å². The van der Waals surface area contributed by atoms with Gasteiger partial charge in [0, 0.05) is 12.0 Å². The van der Waals surface area contributed by atoms with Crippen LogP contribution in [0.25, 0.3) is 0 Å². The van der Waals surface area contributed by atoms with Crippen LogP contribution in [-0.4, -0.2) is 12.6 Å². The Morgan fingerprint density at radius 2 is 1.89 bits per heavy atom. The minimum absolute atomic E-state index is 0.676. The number of nitrogens with one attached hydrogen (secondary N) is 1. The molecule has 1 aromatic rings. The Morgan fingerprint density at radius 3 is 2.50 bits per heavy atom. The van der Waals surface area contributed by atoms with Gasteiger partial charge in [-0.25, -0.2) is 0 Å². The van der Waals surface area contributed by atoms with Crippen molar-refractivity contribution in [2.45, 2.75) is 58.4 Å². The first-order valence-electron chi connectivity index (χ1n) is 7.61. The lowest BCUT2D eigenvalue weighted by atomic mass is 9.71. The summed E-state index contributed by atoms with van der Waals surface area (Å²) in [5, 5.41) is 3.72. The van der Waals surface area contributed by atoms with Gasteiger partial charge in [0.2, 0.25) is 0 Å². The second kappa shape index (κ2) is 6.38. The molecule has 0 spiro atoms. The second-order valence-corrected chi connectivity index (χ2v) is 5.59. The molecule has 0 saturated carbocycles. The van der Waals surface area contributed by atoms with E-state index in [1.54, 1.807) is 11.1 Å². The van der Waals surface area contributed by atoms with Crippen LogP contribution in [0.2, 0.25) is 0 Å². The van der Waals surface area contributed by atoms with Crippen molar-refractivity contribution in [2.75, 3.05) is 6.54 Å². The largest absolute Gasteiger partial charge is 0.314 e. The molecule has 0 amide bonds. The number of hydrogen-bond acceptors (Lipinski definition) is 1. The van der Waals surface area contributed by atoms with Gasteiger partial charge in [-0.2, -0.15) is 0 Å². The maximum atomic E-state index is 3.72. The predicted molar refractivity (Wildman–Crippen MR) is 79.0 cm³/mol. The van der Waals surface area contributed by atoms with Gasteiger partial charge in [-0.3, -0.25) is 0 Å². The summed E-state index contributed by atoms with van der Waals surface area (Å²) in [6, 6.07) is 9.63. The van der Waals surface area contributed by atoms with Crippen molar-refractivity contribution in [1.82, 2.24) is 5.32 Å². The lowest BCUT2D eigenvalue weighted by Gasteiger charge is -2.38. The minimum Gasteiger partial charge on any atom is -0.314 e. The molecular formula is C17H27N. The van der Waals surface area contributed by atoms with E-state index in [9.17, 15) is 0 Å². The van der Waals surface area contributed by atoms with Gasteiger partial charge in [-0.15, -0.1) is 0 Å². The third kappa shape index (κ3) is 2.77. The molecule has 1 N–H and O–H groups in total. The fourth-order valence-electron chi connectivity index (χ4n) is 3.29. The first kappa shape index (κ1) is 13.6. The quantitative estimate of drug-likeness (QED) is 0.761. The second-order valence-electron chi connectivity index (χ2n) is 5.59.